The van der Waals surface area contributed by atoms with Crippen molar-refractivity contribution in [2.45, 2.75) is 12.5 Å². The third-order valence-electron chi connectivity index (χ3n) is 3.00. The molecule has 0 aromatic heterocycles. The number of ether oxygens (including phenoxy) is 1. The summed E-state index contributed by atoms with van der Waals surface area (Å²) in [5.74, 6) is -2.11. The summed E-state index contributed by atoms with van der Waals surface area (Å²) in [7, 11) is 0. The van der Waals surface area contributed by atoms with Crippen molar-refractivity contribution in [3.05, 3.63) is 35.6 Å². The number of hydrogen-bond donors (Lipinski definition) is 1. The highest BCUT2D eigenvalue weighted by atomic mass is 19.1. The summed E-state index contributed by atoms with van der Waals surface area (Å²) in [6, 6.07) is 5.12. The minimum Gasteiger partial charge on any atom is -0.481 e. The van der Waals surface area contributed by atoms with Crippen molar-refractivity contribution >= 4 is 11.9 Å². The second kappa shape index (κ2) is 5.79. The Hall–Kier alpha value is -1.95. The van der Waals surface area contributed by atoms with Crippen molar-refractivity contribution in [2.24, 2.45) is 0 Å². The van der Waals surface area contributed by atoms with E-state index in [1.807, 2.05) is 0 Å². The number of morpholine rings is 1. The molecule has 1 saturated heterocycles. The Balaban J connectivity index is 2.20. The maximum Gasteiger partial charge on any atom is 0.305 e. The van der Waals surface area contributed by atoms with Gasteiger partial charge in [0.15, 0.2) is 0 Å². The topological polar surface area (TPSA) is 66.8 Å². The summed E-state index contributed by atoms with van der Waals surface area (Å²) in [6.45, 7) is 0.758. The number of amides is 1. The molecule has 0 spiro atoms. The van der Waals surface area contributed by atoms with Crippen LogP contribution >= 0.6 is 0 Å². The molecule has 0 bridgehead atoms. The highest BCUT2D eigenvalue weighted by Crippen LogP contribution is 2.17. The normalized spacial score (nSPS) is 19.2. The van der Waals surface area contributed by atoms with E-state index in [1.165, 1.54) is 23.1 Å². The van der Waals surface area contributed by atoms with Crippen molar-refractivity contribution < 1.29 is 23.8 Å². The molecule has 19 heavy (non-hydrogen) atoms. The molecule has 0 radical (unpaired) electrons. The Morgan fingerprint density at radius 1 is 1.42 bits per heavy atom. The van der Waals surface area contributed by atoms with Crippen LogP contribution in [0.15, 0.2) is 24.3 Å². The van der Waals surface area contributed by atoms with Gasteiger partial charge in [0.1, 0.15) is 5.82 Å². The summed E-state index contributed by atoms with van der Waals surface area (Å²) >= 11 is 0. The Labute approximate surface area is 109 Å². The fourth-order valence-corrected chi connectivity index (χ4v) is 2.08. The molecule has 1 amide bonds. The van der Waals surface area contributed by atoms with Gasteiger partial charge in [-0.05, 0) is 12.1 Å². The van der Waals surface area contributed by atoms with Crippen LogP contribution in [0.3, 0.4) is 0 Å². The Morgan fingerprint density at radius 2 is 2.16 bits per heavy atom. The average Bonchev–Trinajstić information content (AvgIpc) is 2.38. The third-order valence-corrected chi connectivity index (χ3v) is 3.00. The van der Waals surface area contributed by atoms with Crippen molar-refractivity contribution in [1.29, 1.82) is 0 Å². The van der Waals surface area contributed by atoms with Crippen LogP contribution in [0.5, 0.6) is 0 Å². The molecule has 1 N–H and O–H groups in total. The van der Waals surface area contributed by atoms with Gasteiger partial charge in [-0.1, -0.05) is 12.1 Å². The molecule has 1 heterocycles. The van der Waals surface area contributed by atoms with Crippen LogP contribution in [-0.4, -0.2) is 47.7 Å². The van der Waals surface area contributed by atoms with Crippen LogP contribution in [-0.2, 0) is 9.53 Å². The molecule has 1 aromatic rings. The van der Waals surface area contributed by atoms with E-state index >= 15 is 0 Å². The third kappa shape index (κ3) is 3.08. The molecule has 1 aliphatic rings. The lowest BCUT2D eigenvalue weighted by Crippen LogP contribution is -2.49. The molecule has 1 unspecified atom stereocenters. The fourth-order valence-electron chi connectivity index (χ4n) is 2.08. The Morgan fingerprint density at radius 3 is 2.84 bits per heavy atom. The van der Waals surface area contributed by atoms with Gasteiger partial charge in [0.2, 0.25) is 0 Å². The van der Waals surface area contributed by atoms with Crippen LogP contribution in [0.1, 0.15) is 16.8 Å². The number of nitrogens with zero attached hydrogens (tertiary/aromatic N) is 1. The number of aliphatic carboxylic acids is 1. The highest BCUT2D eigenvalue weighted by molar-refractivity contribution is 5.95. The lowest BCUT2D eigenvalue weighted by Gasteiger charge is -2.34. The number of hydrogen-bond acceptors (Lipinski definition) is 3. The largest absolute Gasteiger partial charge is 0.481 e. The van der Waals surface area contributed by atoms with E-state index in [4.69, 9.17) is 9.84 Å². The SMILES string of the molecule is O=C(O)CC1COCCN1C(=O)c1ccccc1F. The molecule has 2 rings (SSSR count). The van der Waals surface area contributed by atoms with Gasteiger partial charge in [-0.3, -0.25) is 9.59 Å². The Kier molecular flexibility index (Phi) is 4.11. The Bertz CT molecular complexity index is 491. The first kappa shape index (κ1) is 13.5. The summed E-state index contributed by atoms with van der Waals surface area (Å²) in [5.41, 5.74) is -0.0419. The summed E-state index contributed by atoms with van der Waals surface area (Å²) < 4.78 is 18.8. The minimum absolute atomic E-state index is 0.0419. The number of carbonyl (C=O) groups excluding carboxylic acids is 1. The maximum absolute atomic E-state index is 13.6. The first-order chi connectivity index (χ1) is 9.09. The molecule has 102 valence electrons. The molecule has 6 heteroatoms. The number of benzene rings is 1. The van der Waals surface area contributed by atoms with Crippen molar-refractivity contribution in [3.8, 4) is 0 Å². The van der Waals surface area contributed by atoms with Gasteiger partial charge >= 0.3 is 5.97 Å². The fraction of sp³-hybridized carbons (Fsp3) is 0.385. The number of carboxylic acid groups (broad SMARTS) is 1. The molecular formula is C13H14FNO4. The average molecular weight is 267 g/mol. The van der Waals surface area contributed by atoms with Crippen molar-refractivity contribution in [3.63, 3.8) is 0 Å². The quantitative estimate of drug-likeness (QED) is 0.891. The van der Waals surface area contributed by atoms with E-state index in [1.54, 1.807) is 6.07 Å². The molecule has 1 aliphatic heterocycles. The second-order valence-corrected chi connectivity index (χ2v) is 4.30. The van der Waals surface area contributed by atoms with Crippen LogP contribution in [0.4, 0.5) is 4.39 Å². The van der Waals surface area contributed by atoms with E-state index in [0.717, 1.165) is 0 Å². The maximum atomic E-state index is 13.6. The van der Waals surface area contributed by atoms with Gasteiger partial charge < -0.3 is 14.7 Å². The van der Waals surface area contributed by atoms with Crippen LogP contribution < -0.4 is 0 Å². The lowest BCUT2D eigenvalue weighted by molar-refractivity contribution is -0.139. The van der Waals surface area contributed by atoms with Crippen molar-refractivity contribution in [2.75, 3.05) is 19.8 Å². The molecule has 1 aromatic carbocycles. The van der Waals surface area contributed by atoms with Crippen LogP contribution in [0.2, 0.25) is 0 Å². The van der Waals surface area contributed by atoms with Gasteiger partial charge in [0.05, 0.1) is 31.2 Å². The predicted molar refractivity (Wildman–Crippen MR) is 64.3 cm³/mol. The minimum atomic E-state index is -1.01. The van der Waals surface area contributed by atoms with Crippen LogP contribution in [0, 0.1) is 5.82 Å². The smallest absolute Gasteiger partial charge is 0.305 e. The zero-order valence-electron chi connectivity index (χ0n) is 10.2. The summed E-state index contributed by atoms with van der Waals surface area (Å²) in [4.78, 5) is 24.4. The second-order valence-electron chi connectivity index (χ2n) is 4.30. The number of rotatable bonds is 3. The number of halogens is 1. The van der Waals surface area contributed by atoms with E-state index in [9.17, 15) is 14.0 Å². The zero-order valence-corrected chi connectivity index (χ0v) is 10.2. The molecule has 1 atom stereocenters. The van der Waals surface area contributed by atoms with E-state index < -0.39 is 23.7 Å². The molecule has 5 nitrogen and oxygen atoms in total. The summed E-state index contributed by atoms with van der Waals surface area (Å²) in [5, 5.41) is 8.82. The van der Waals surface area contributed by atoms with E-state index in [0.29, 0.717) is 6.61 Å². The monoisotopic (exact) mass is 267 g/mol. The predicted octanol–water partition coefficient (Wildman–Crippen LogP) is 1.14. The summed E-state index contributed by atoms with van der Waals surface area (Å²) in [6.07, 6.45) is -0.208. The highest BCUT2D eigenvalue weighted by Gasteiger charge is 2.30. The van der Waals surface area contributed by atoms with Gasteiger partial charge in [0.25, 0.3) is 5.91 Å². The first-order valence-electron chi connectivity index (χ1n) is 5.94. The van der Waals surface area contributed by atoms with Crippen molar-refractivity contribution in [1.82, 2.24) is 4.90 Å². The number of carboxylic acids is 1. The number of carbonyl (C=O) groups is 2. The van der Waals surface area contributed by atoms with Gasteiger partial charge in [-0.2, -0.15) is 0 Å². The molecule has 0 saturated carbocycles. The molecule has 1 fully saturated rings. The lowest BCUT2D eigenvalue weighted by atomic mass is 10.1. The standard InChI is InChI=1S/C13H14FNO4/c14-11-4-2-1-3-10(11)13(18)15-5-6-19-8-9(15)7-12(16)17/h1-4,9H,5-8H2,(H,16,17). The van der Waals surface area contributed by atoms with Gasteiger partial charge in [0, 0.05) is 6.54 Å². The van der Waals surface area contributed by atoms with Gasteiger partial charge in [-0.25, -0.2) is 4.39 Å². The van der Waals surface area contributed by atoms with Crippen LogP contribution in [0.25, 0.3) is 0 Å². The zero-order chi connectivity index (χ0) is 13.8. The molecular weight excluding hydrogens is 253 g/mol. The van der Waals surface area contributed by atoms with E-state index in [2.05, 4.69) is 0 Å². The van der Waals surface area contributed by atoms with Gasteiger partial charge in [-0.15, -0.1) is 0 Å². The van der Waals surface area contributed by atoms with E-state index in [-0.39, 0.29) is 25.1 Å². The first-order valence-corrected chi connectivity index (χ1v) is 5.94. The molecule has 0 aliphatic carbocycles.